The van der Waals surface area contributed by atoms with E-state index in [1.165, 1.54) is 12.1 Å². The van der Waals surface area contributed by atoms with Crippen LogP contribution in [0.5, 0.6) is 0 Å². The van der Waals surface area contributed by atoms with Crippen molar-refractivity contribution in [2.24, 2.45) is 5.90 Å². The van der Waals surface area contributed by atoms with Crippen molar-refractivity contribution in [3.63, 3.8) is 0 Å². The Morgan fingerprint density at radius 2 is 1.86 bits per heavy atom. The topological polar surface area (TPSA) is 35.2 Å². The van der Waals surface area contributed by atoms with Gasteiger partial charge in [0.2, 0.25) is 0 Å². The van der Waals surface area contributed by atoms with E-state index < -0.39 is 0 Å². The minimum Gasteiger partial charge on any atom is -0.299 e. The van der Waals surface area contributed by atoms with Gasteiger partial charge in [-0.15, -0.1) is 0 Å². The van der Waals surface area contributed by atoms with Gasteiger partial charge >= 0.3 is 0 Å². The van der Waals surface area contributed by atoms with Crippen molar-refractivity contribution in [1.82, 2.24) is 0 Å². The van der Waals surface area contributed by atoms with E-state index in [9.17, 15) is 4.39 Å². The molecular formula is C11H16FNO. The van der Waals surface area contributed by atoms with Gasteiger partial charge in [0.05, 0.1) is 5.60 Å². The van der Waals surface area contributed by atoms with Gasteiger partial charge in [-0.25, -0.2) is 10.3 Å². The lowest BCUT2D eigenvalue weighted by atomic mass is 9.99. The number of hydrogen-bond donors (Lipinski definition) is 1. The van der Waals surface area contributed by atoms with E-state index in [1.54, 1.807) is 12.1 Å². The van der Waals surface area contributed by atoms with Crippen LogP contribution >= 0.6 is 0 Å². The lowest BCUT2D eigenvalue weighted by molar-refractivity contribution is -0.0250. The van der Waals surface area contributed by atoms with Crippen LogP contribution in [0.4, 0.5) is 4.39 Å². The molecule has 2 nitrogen and oxygen atoms in total. The average Bonchev–Trinajstić information content (AvgIpc) is 2.17. The van der Waals surface area contributed by atoms with Crippen LogP contribution in [0, 0.1) is 5.82 Å². The molecule has 2 N–H and O–H groups in total. The maximum atomic E-state index is 12.6. The van der Waals surface area contributed by atoms with E-state index in [2.05, 4.69) is 0 Å². The van der Waals surface area contributed by atoms with Gasteiger partial charge in [0.1, 0.15) is 5.82 Å². The van der Waals surface area contributed by atoms with Crippen LogP contribution in [0.25, 0.3) is 0 Å². The molecule has 78 valence electrons. The first-order chi connectivity index (χ1) is 6.53. The van der Waals surface area contributed by atoms with Crippen molar-refractivity contribution in [2.45, 2.75) is 32.3 Å². The predicted molar refractivity (Wildman–Crippen MR) is 54.1 cm³/mol. The summed E-state index contributed by atoms with van der Waals surface area (Å²) in [6.45, 7) is 3.85. The number of rotatable bonds is 4. The molecule has 0 heterocycles. The fourth-order valence-electron chi connectivity index (χ4n) is 1.16. The van der Waals surface area contributed by atoms with Crippen LogP contribution in [0.1, 0.15) is 25.8 Å². The first-order valence-electron chi connectivity index (χ1n) is 4.66. The highest BCUT2D eigenvalue weighted by Gasteiger charge is 2.16. The van der Waals surface area contributed by atoms with Gasteiger partial charge < -0.3 is 0 Å². The Balaban J connectivity index is 2.50. The van der Waals surface area contributed by atoms with E-state index in [-0.39, 0.29) is 11.4 Å². The van der Waals surface area contributed by atoms with Crippen molar-refractivity contribution in [3.05, 3.63) is 35.6 Å². The molecular weight excluding hydrogens is 181 g/mol. The predicted octanol–water partition coefficient (Wildman–Crippen LogP) is 2.43. The fraction of sp³-hybridized carbons (Fsp3) is 0.455. The Bertz CT molecular complexity index is 282. The van der Waals surface area contributed by atoms with Crippen molar-refractivity contribution in [3.8, 4) is 0 Å². The first kappa shape index (κ1) is 11.1. The zero-order chi connectivity index (χ0) is 10.6. The molecule has 0 unspecified atom stereocenters. The van der Waals surface area contributed by atoms with Gasteiger partial charge in [-0.1, -0.05) is 12.1 Å². The molecule has 1 rings (SSSR count). The third-order valence-corrected chi connectivity index (χ3v) is 2.25. The SMILES string of the molecule is CC(C)(CCc1ccc(F)cc1)ON. The highest BCUT2D eigenvalue weighted by Crippen LogP contribution is 2.16. The molecule has 0 fully saturated rings. The van der Waals surface area contributed by atoms with Gasteiger partial charge in [0.15, 0.2) is 0 Å². The molecule has 0 aliphatic heterocycles. The van der Waals surface area contributed by atoms with E-state index >= 15 is 0 Å². The molecule has 3 heteroatoms. The second kappa shape index (κ2) is 4.53. The van der Waals surface area contributed by atoms with Crippen molar-refractivity contribution in [1.29, 1.82) is 0 Å². The fourth-order valence-corrected chi connectivity index (χ4v) is 1.16. The number of benzene rings is 1. The maximum absolute atomic E-state index is 12.6. The largest absolute Gasteiger partial charge is 0.299 e. The van der Waals surface area contributed by atoms with Crippen LogP contribution in [-0.4, -0.2) is 5.60 Å². The average molecular weight is 197 g/mol. The van der Waals surface area contributed by atoms with Crippen LogP contribution in [0.15, 0.2) is 24.3 Å². The second-order valence-corrected chi connectivity index (χ2v) is 4.00. The number of nitrogens with two attached hydrogens (primary N) is 1. The Hall–Kier alpha value is -0.930. The minimum atomic E-state index is -0.325. The summed E-state index contributed by atoms with van der Waals surface area (Å²) in [5.41, 5.74) is 0.769. The molecule has 0 radical (unpaired) electrons. The normalized spacial score (nSPS) is 11.7. The van der Waals surface area contributed by atoms with E-state index in [0.717, 1.165) is 18.4 Å². The molecule has 1 aromatic carbocycles. The van der Waals surface area contributed by atoms with Crippen LogP contribution < -0.4 is 5.90 Å². The molecule has 14 heavy (non-hydrogen) atoms. The van der Waals surface area contributed by atoms with Crippen LogP contribution in [0.2, 0.25) is 0 Å². The molecule has 0 amide bonds. The second-order valence-electron chi connectivity index (χ2n) is 4.00. The molecule has 0 bridgehead atoms. The summed E-state index contributed by atoms with van der Waals surface area (Å²) in [6.07, 6.45) is 1.65. The quantitative estimate of drug-likeness (QED) is 0.752. The monoisotopic (exact) mass is 197 g/mol. The van der Waals surface area contributed by atoms with E-state index in [4.69, 9.17) is 10.7 Å². The first-order valence-corrected chi connectivity index (χ1v) is 4.66. The van der Waals surface area contributed by atoms with E-state index in [0.29, 0.717) is 0 Å². The highest BCUT2D eigenvalue weighted by molar-refractivity contribution is 5.16. The maximum Gasteiger partial charge on any atom is 0.123 e. The van der Waals surface area contributed by atoms with Crippen molar-refractivity contribution >= 4 is 0 Å². The lowest BCUT2D eigenvalue weighted by Gasteiger charge is -2.21. The number of aryl methyl sites for hydroxylation is 1. The van der Waals surface area contributed by atoms with Crippen LogP contribution in [0.3, 0.4) is 0 Å². The molecule has 0 aliphatic rings. The molecule has 0 saturated heterocycles. The molecule has 0 aromatic heterocycles. The van der Waals surface area contributed by atoms with Crippen LogP contribution in [-0.2, 0) is 11.3 Å². The molecule has 0 aliphatic carbocycles. The standard InChI is InChI=1S/C11H16FNO/c1-11(2,14-13)8-7-9-3-5-10(12)6-4-9/h3-6H,7-8,13H2,1-2H3. The molecule has 1 aromatic rings. The highest BCUT2D eigenvalue weighted by atomic mass is 19.1. The van der Waals surface area contributed by atoms with E-state index in [1.807, 2.05) is 13.8 Å². The molecule has 0 atom stereocenters. The van der Waals surface area contributed by atoms with Crippen molar-refractivity contribution in [2.75, 3.05) is 0 Å². The zero-order valence-corrected chi connectivity index (χ0v) is 8.59. The minimum absolute atomic E-state index is 0.205. The Morgan fingerprint density at radius 1 is 1.29 bits per heavy atom. The third kappa shape index (κ3) is 3.44. The van der Waals surface area contributed by atoms with Gasteiger partial charge in [-0.2, -0.15) is 0 Å². The summed E-state index contributed by atoms with van der Waals surface area (Å²) < 4.78 is 12.6. The van der Waals surface area contributed by atoms with Gasteiger partial charge in [0, 0.05) is 0 Å². The number of hydrogen-bond acceptors (Lipinski definition) is 2. The summed E-state index contributed by atoms with van der Waals surface area (Å²) in [7, 11) is 0. The smallest absolute Gasteiger partial charge is 0.123 e. The molecule has 0 saturated carbocycles. The Morgan fingerprint density at radius 3 is 2.36 bits per heavy atom. The zero-order valence-electron chi connectivity index (χ0n) is 8.59. The third-order valence-electron chi connectivity index (χ3n) is 2.25. The van der Waals surface area contributed by atoms with Gasteiger partial charge in [-0.3, -0.25) is 4.84 Å². The summed E-state index contributed by atoms with van der Waals surface area (Å²) in [5, 5.41) is 0. The van der Waals surface area contributed by atoms with Crippen molar-refractivity contribution < 1.29 is 9.23 Å². The van der Waals surface area contributed by atoms with Gasteiger partial charge in [0.25, 0.3) is 0 Å². The Kier molecular flexibility index (Phi) is 3.61. The summed E-state index contributed by atoms with van der Waals surface area (Å²) in [4.78, 5) is 4.81. The number of halogens is 1. The summed E-state index contributed by atoms with van der Waals surface area (Å²) >= 11 is 0. The Labute approximate surface area is 83.8 Å². The van der Waals surface area contributed by atoms with Gasteiger partial charge in [-0.05, 0) is 44.4 Å². The summed E-state index contributed by atoms with van der Waals surface area (Å²) in [6, 6.07) is 6.49. The molecule has 0 spiro atoms. The lowest BCUT2D eigenvalue weighted by Crippen LogP contribution is -2.28. The summed E-state index contributed by atoms with van der Waals surface area (Å²) in [5.74, 6) is 4.93.